The van der Waals surface area contributed by atoms with E-state index in [9.17, 15) is 19.2 Å². The fourth-order valence-corrected chi connectivity index (χ4v) is 3.70. The van der Waals surface area contributed by atoms with Gasteiger partial charge >= 0.3 is 5.97 Å². The third kappa shape index (κ3) is 3.86. The van der Waals surface area contributed by atoms with Crippen molar-refractivity contribution >= 4 is 23.7 Å². The number of amides is 3. The second kappa shape index (κ2) is 7.90. The fraction of sp³-hybridized carbons (Fsp3) is 0.500. The summed E-state index contributed by atoms with van der Waals surface area (Å²) in [6.45, 7) is 3.05. The minimum absolute atomic E-state index is 0.133. The third-order valence-corrected chi connectivity index (χ3v) is 5.04. The highest BCUT2D eigenvalue weighted by Gasteiger charge is 2.44. The third-order valence-electron chi connectivity index (χ3n) is 5.04. The average molecular weight is 372 g/mol. The molecule has 7 nitrogen and oxygen atoms in total. The summed E-state index contributed by atoms with van der Waals surface area (Å²) in [6, 6.07) is 5.53. The summed E-state index contributed by atoms with van der Waals surface area (Å²) in [5.74, 6) is -2.48. The molecule has 1 fully saturated rings. The second-order valence-corrected chi connectivity index (χ2v) is 7.37. The van der Waals surface area contributed by atoms with Crippen LogP contribution in [-0.2, 0) is 14.3 Å². The van der Waals surface area contributed by atoms with Gasteiger partial charge in [0.05, 0.1) is 11.1 Å². The van der Waals surface area contributed by atoms with Gasteiger partial charge in [0.25, 0.3) is 17.7 Å². The molecule has 3 amide bonds. The van der Waals surface area contributed by atoms with Gasteiger partial charge < -0.3 is 10.1 Å². The molecule has 1 N–H and O–H groups in total. The maximum absolute atomic E-state index is 12.6. The van der Waals surface area contributed by atoms with E-state index in [2.05, 4.69) is 5.32 Å². The zero-order valence-electron chi connectivity index (χ0n) is 15.6. The van der Waals surface area contributed by atoms with Crippen molar-refractivity contribution < 1.29 is 23.9 Å². The van der Waals surface area contributed by atoms with Gasteiger partial charge in [0.15, 0.2) is 6.61 Å². The molecule has 1 saturated carbocycles. The molecule has 0 aromatic heterocycles. The number of nitrogens with one attached hydrogen (secondary N) is 1. The van der Waals surface area contributed by atoms with Gasteiger partial charge in [-0.05, 0) is 30.9 Å². The van der Waals surface area contributed by atoms with Gasteiger partial charge in [-0.15, -0.1) is 0 Å². The summed E-state index contributed by atoms with van der Waals surface area (Å²) < 4.78 is 5.15. The monoisotopic (exact) mass is 372 g/mol. The van der Waals surface area contributed by atoms with Crippen LogP contribution in [0.2, 0.25) is 0 Å². The summed E-state index contributed by atoms with van der Waals surface area (Å²) in [5, 5.41) is 2.84. The molecule has 0 radical (unpaired) electrons. The van der Waals surface area contributed by atoms with Crippen molar-refractivity contribution in [2.45, 2.75) is 51.6 Å². The second-order valence-electron chi connectivity index (χ2n) is 7.37. The van der Waals surface area contributed by atoms with Gasteiger partial charge in [-0.25, -0.2) is 4.79 Å². The summed E-state index contributed by atoms with van der Waals surface area (Å²) in [7, 11) is 0. The van der Waals surface area contributed by atoms with Gasteiger partial charge in [-0.2, -0.15) is 0 Å². The SMILES string of the molecule is CC(C)[C@H](C(=O)OCC(=O)NC1CCCC1)N1C(=O)c2ccccc2C1=O. The Morgan fingerprint density at radius 3 is 2.19 bits per heavy atom. The van der Waals surface area contributed by atoms with Crippen LogP contribution in [0.3, 0.4) is 0 Å². The van der Waals surface area contributed by atoms with E-state index in [-0.39, 0.29) is 29.0 Å². The summed E-state index contributed by atoms with van der Waals surface area (Å²) in [6.07, 6.45) is 4.03. The van der Waals surface area contributed by atoms with Crippen molar-refractivity contribution in [3.63, 3.8) is 0 Å². The van der Waals surface area contributed by atoms with Crippen LogP contribution in [0.4, 0.5) is 0 Å². The average Bonchev–Trinajstić information content (AvgIpc) is 3.23. The first kappa shape index (κ1) is 19.1. The predicted octanol–water partition coefficient (Wildman–Crippen LogP) is 1.91. The smallest absolute Gasteiger partial charge is 0.330 e. The van der Waals surface area contributed by atoms with Crippen molar-refractivity contribution in [1.29, 1.82) is 0 Å². The van der Waals surface area contributed by atoms with Crippen LogP contribution in [0, 0.1) is 5.92 Å². The molecule has 1 aliphatic heterocycles. The van der Waals surface area contributed by atoms with Crippen LogP contribution < -0.4 is 5.32 Å². The molecule has 7 heteroatoms. The number of rotatable bonds is 6. The number of nitrogens with zero attached hydrogens (tertiary/aromatic N) is 1. The molecular formula is C20H24N2O5. The molecule has 0 unspecified atom stereocenters. The minimum atomic E-state index is -1.07. The molecule has 1 aromatic carbocycles. The number of carbonyl (C=O) groups excluding carboxylic acids is 4. The number of hydrogen-bond donors (Lipinski definition) is 1. The van der Waals surface area contributed by atoms with Crippen molar-refractivity contribution in [2.75, 3.05) is 6.61 Å². The van der Waals surface area contributed by atoms with E-state index in [1.165, 1.54) is 0 Å². The Hall–Kier alpha value is -2.70. The number of imide groups is 1. The van der Waals surface area contributed by atoms with Crippen LogP contribution in [0.15, 0.2) is 24.3 Å². The van der Waals surface area contributed by atoms with E-state index in [0.717, 1.165) is 30.6 Å². The van der Waals surface area contributed by atoms with Gasteiger partial charge in [0.1, 0.15) is 6.04 Å². The lowest BCUT2D eigenvalue weighted by Gasteiger charge is -2.27. The predicted molar refractivity (Wildman–Crippen MR) is 96.9 cm³/mol. The largest absolute Gasteiger partial charge is 0.454 e. The highest BCUT2D eigenvalue weighted by molar-refractivity contribution is 6.22. The number of esters is 1. The van der Waals surface area contributed by atoms with E-state index in [0.29, 0.717) is 0 Å². The Morgan fingerprint density at radius 2 is 1.67 bits per heavy atom. The molecule has 1 heterocycles. The Bertz CT molecular complexity index is 732. The summed E-state index contributed by atoms with van der Waals surface area (Å²) in [4.78, 5) is 50.8. The molecule has 1 aliphatic carbocycles. The lowest BCUT2D eigenvalue weighted by Crippen LogP contribution is -2.49. The molecule has 1 aromatic rings. The first-order chi connectivity index (χ1) is 12.9. The van der Waals surface area contributed by atoms with Crippen LogP contribution in [0.25, 0.3) is 0 Å². The van der Waals surface area contributed by atoms with Gasteiger partial charge in [-0.1, -0.05) is 38.8 Å². The molecule has 0 bridgehead atoms. The molecule has 1 atom stereocenters. The first-order valence-electron chi connectivity index (χ1n) is 9.33. The van der Waals surface area contributed by atoms with Crippen molar-refractivity contribution in [3.05, 3.63) is 35.4 Å². The summed E-state index contributed by atoms with van der Waals surface area (Å²) >= 11 is 0. The highest BCUT2D eigenvalue weighted by Crippen LogP contribution is 2.27. The maximum atomic E-state index is 12.6. The number of ether oxygens (including phenoxy) is 1. The number of carbonyl (C=O) groups is 4. The van der Waals surface area contributed by atoms with Crippen molar-refractivity contribution in [3.8, 4) is 0 Å². The van der Waals surface area contributed by atoms with E-state index < -0.39 is 30.4 Å². The van der Waals surface area contributed by atoms with Crippen LogP contribution in [-0.4, -0.2) is 47.3 Å². The zero-order valence-corrected chi connectivity index (χ0v) is 15.6. The molecule has 3 rings (SSSR count). The van der Waals surface area contributed by atoms with Crippen LogP contribution in [0.5, 0.6) is 0 Å². The van der Waals surface area contributed by atoms with Crippen LogP contribution in [0.1, 0.15) is 60.2 Å². The Morgan fingerprint density at radius 1 is 1.11 bits per heavy atom. The van der Waals surface area contributed by atoms with E-state index in [1.54, 1.807) is 38.1 Å². The topological polar surface area (TPSA) is 92.8 Å². The molecule has 2 aliphatic rings. The fourth-order valence-electron chi connectivity index (χ4n) is 3.70. The Balaban J connectivity index is 1.67. The molecule has 27 heavy (non-hydrogen) atoms. The maximum Gasteiger partial charge on any atom is 0.330 e. The Kier molecular flexibility index (Phi) is 5.58. The lowest BCUT2D eigenvalue weighted by atomic mass is 10.0. The lowest BCUT2D eigenvalue weighted by molar-refractivity contribution is -0.153. The molecule has 0 saturated heterocycles. The normalized spacial score (nSPS) is 18.0. The zero-order chi connectivity index (χ0) is 19.6. The number of benzene rings is 1. The van der Waals surface area contributed by atoms with Gasteiger partial charge in [0, 0.05) is 6.04 Å². The standard InChI is InChI=1S/C20H24N2O5/c1-12(2)17(20(26)27-11-16(23)21-13-7-3-4-8-13)22-18(24)14-9-5-6-10-15(14)19(22)25/h5-6,9-10,12-13,17H,3-4,7-8,11H2,1-2H3,(H,21,23)/t17-/m1/s1. The van der Waals surface area contributed by atoms with Crippen molar-refractivity contribution in [1.82, 2.24) is 10.2 Å². The molecular weight excluding hydrogens is 348 g/mol. The molecule has 0 spiro atoms. The Labute approximate surface area is 158 Å². The van der Waals surface area contributed by atoms with E-state index in [4.69, 9.17) is 4.74 Å². The van der Waals surface area contributed by atoms with E-state index in [1.807, 2.05) is 0 Å². The minimum Gasteiger partial charge on any atom is -0.454 e. The number of fused-ring (bicyclic) bond motifs is 1. The van der Waals surface area contributed by atoms with Gasteiger partial charge in [0.2, 0.25) is 0 Å². The van der Waals surface area contributed by atoms with E-state index >= 15 is 0 Å². The molecule has 144 valence electrons. The first-order valence-corrected chi connectivity index (χ1v) is 9.33. The quantitative estimate of drug-likeness (QED) is 0.608. The summed E-state index contributed by atoms with van der Waals surface area (Å²) in [5.41, 5.74) is 0.555. The van der Waals surface area contributed by atoms with Gasteiger partial charge in [-0.3, -0.25) is 19.3 Å². The highest BCUT2D eigenvalue weighted by atomic mass is 16.5. The van der Waals surface area contributed by atoms with Crippen molar-refractivity contribution in [2.24, 2.45) is 5.92 Å². The number of hydrogen-bond acceptors (Lipinski definition) is 5. The van der Waals surface area contributed by atoms with Crippen LogP contribution >= 0.6 is 0 Å².